The Kier molecular flexibility index (Phi) is 5.76. The topological polar surface area (TPSA) is 58.5 Å². The third-order valence-corrected chi connectivity index (χ3v) is 6.11. The fourth-order valence-electron chi connectivity index (χ4n) is 4.68. The largest absolute Gasteiger partial charge is 0.373 e. The van der Waals surface area contributed by atoms with Crippen molar-refractivity contribution >= 4 is 17.3 Å². The molecule has 0 bridgehead atoms. The van der Waals surface area contributed by atoms with Gasteiger partial charge in [-0.3, -0.25) is 4.90 Å². The molecular formula is C24H28F2N6O. The third-order valence-electron chi connectivity index (χ3n) is 6.11. The molecule has 33 heavy (non-hydrogen) atoms. The number of halogens is 2. The third kappa shape index (κ3) is 4.84. The first kappa shape index (κ1) is 21.8. The van der Waals surface area contributed by atoms with Crippen molar-refractivity contribution in [2.45, 2.75) is 39.0 Å². The van der Waals surface area contributed by atoms with E-state index in [0.29, 0.717) is 12.0 Å². The fourth-order valence-corrected chi connectivity index (χ4v) is 4.68. The van der Waals surface area contributed by atoms with Gasteiger partial charge >= 0.3 is 0 Å². The van der Waals surface area contributed by atoms with Crippen LogP contribution in [0, 0.1) is 18.6 Å². The van der Waals surface area contributed by atoms with Crippen LogP contribution in [0.4, 0.5) is 26.1 Å². The van der Waals surface area contributed by atoms with Gasteiger partial charge in [-0.05, 0) is 56.7 Å². The van der Waals surface area contributed by atoms with Gasteiger partial charge < -0.3 is 15.0 Å². The zero-order valence-corrected chi connectivity index (χ0v) is 19.0. The highest BCUT2D eigenvalue weighted by atomic mass is 19.1. The molecular weight excluding hydrogens is 426 g/mol. The van der Waals surface area contributed by atoms with Gasteiger partial charge in [0.2, 0.25) is 5.95 Å². The molecule has 0 unspecified atom stereocenters. The Morgan fingerprint density at radius 2 is 1.61 bits per heavy atom. The standard InChI is InChI=1S/C24H28F2N6O/c1-15-4-20(28-24-27-14-32(29-24)22-7-18(25)6-19(26)8-22)9-21(5-15)31-12-23(13-31)30-10-16(2)33-17(3)11-30/h4-9,14,16-17,23H,10-13H2,1-3H3,(H,28,29)/t16-,17-/m1/s1. The molecule has 3 aromatic rings. The second-order valence-electron chi connectivity index (χ2n) is 9.09. The van der Waals surface area contributed by atoms with Crippen LogP contribution in [0.3, 0.4) is 0 Å². The lowest BCUT2D eigenvalue weighted by molar-refractivity contribution is -0.0831. The van der Waals surface area contributed by atoms with Gasteiger partial charge in [0.05, 0.1) is 17.9 Å². The molecule has 0 spiro atoms. The zero-order chi connectivity index (χ0) is 23.1. The van der Waals surface area contributed by atoms with Crippen molar-refractivity contribution < 1.29 is 13.5 Å². The van der Waals surface area contributed by atoms with Gasteiger partial charge in [-0.25, -0.2) is 13.5 Å². The molecule has 0 saturated carbocycles. The lowest BCUT2D eigenvalue weighted by atomic mass is 10.0. The van der Waals surface area contributed by atoms with Crippen LogP contribution in [-0.4, -0.2) is 64.1 Å². The van der Waals surface area contributed by atoms with E-state index in [1.807, 2.05) is 6.07 Å². The maximum Gasteiger partial charge on any atom is 0.246 e. The minimum absolute atomic E-state index is 0.272. The fraction of sp³-hybridized carbons (Fsp3) is 0.417. The molecule has 0 amide bonds. The average Bonchev–Trinajstić information content (AvgIpc) is 3.13. The van der Waals surface area contributed by atoms with Crippen LogP contribution in [0.15, 0.2) is 42.7 Å². The molecule has 0 aliphatic carbocycles. The summed E-state index contributed by atoms with van der Waals surface area (Å²) in [4.78, 5) is 9.14. The first-order valence-corrected chi connectivity index (χ1v) is 11.2. The molecule has 2 saturated heterocycles. The van der Waals surface area contributed by atoms with Gasteiger partial charge in [0.15, 0.2) is 0 Å². The number of rotatable bonds is 5. The lowest BCUT2D eigenvalue weighted by Gasteiger charge is -2.49. The van der Waals surface area contributed by atoms with Gasteiger partial charge in [0, 0.05) is 49.7 Å². The van der Waals surface area contributed by atoms with Crippen molar-refractivity contribution in [3.05, 3.63) is 59.9 Å². The van der Waals surface area contributed by atoms with Gasteiger partial charge in [0.25, 0.3) is 0 Å². The Morgan fingerprint density at radius 3 is 2.30 bits per heavy atom. The van der Waals surface area contributed by atoms with Crippen LogP contribution in [0.1, 0.15) is 19.4 Å². The van der Waals surface area contributed by atoms with Crippen molar-refractivity contribution in [1.29, 1.82) is 0 Å². The number of nitrogens with zero attached hydrogens (tertiary/aromatic N) is 5. The first-order chi connectivity index (χ1) is 15.8. The summed E-state index contributed by atoms with van der Waals surface area (Å²) >= 11 is 0. The van der Waals surface area contributed by atoms with E-state index in [1.54, 1.807) is 0 Å². The number of hydrogen-bond acceptors (Lipinski definition) is 6. The van der Waals surface area contributed by atoms with Crippen molar-refractivity contribution in [2.24, 2.45) is 0 Å². The molecule has 5 rings (SSSR count). The Hall–Kier alpha value is -3.04. The number of benzene rings is 2. The predicted octanol–water partition coefficient (Wildman–Crippen LogP) is 3.90. The van der Waals surface area contributed by atoms with Gasteiger partial charge in [0.1, 0.15) is 18.0 Å². The SMILES string of the molecule is Cc1cc(Nc2ncn(-c3cc(F)cc(F)c3)n2)cc(N2CC(N3C[C@@H](C)O[C@H](C)C3)C2)c1. The molecule has 1 aromatic heterocycles. The Bertz CT molecular complexity index is 1120. The highest BCUT2D eigenvalue weighted by Gasteiger charge is 2.35. The highest BCUT2D eigenvalue weighted by Crippen LogP contribution is 2.30. The summed E-state index contributed by atoms with van der Waals surface area (Å²) in [5.41, 5.74) is 3.41. The van der Waals surface area contributed by atoms with Crippen molar-refractivity contribution in [1.82, 2.24) is 19.7 Å². The number of anilines is 3. The molecule has 3 heterocycles. The smallest absolute Gasteiger partial charge is 0.246 e. The van der Waals surface area contributed by atoms with Crippen molar-refractivity contribution in [3.8, 4) is 5.69 Å². The number of ether oxygens (including phenoxy) is 1. The second kappa shape index (κ2) is 8.72. The zero-order valence-electron chi connectivity index (χ0n) is 19.0. The minimum Gasteiger partial charge on any atom is -0.373 e. The van der Waals surface area contributed by atoms with E-state index in [0.717, 1.165) is 49.2 Å². The predicted molar refractivity (Wildman–Crippen MR) is 123 cm³/mol. The number of hydrogen-bond donors (Lipinski definition) is 1. The minimum atomic E-state index is -0.660. The highest BCUT2D eigenvalue weighted by molar-refractivity contribution is 5.65. The van der Waals surface area contributed by atoms with Crippen molar-refractivity contribution in [2.75, 3.05) is 36.4 Å². The van der Waals surface area contributed by atoms with Crippen LogP contribution < -0.4 is 10.2 Å². The van der Waals surface area contributed by atoms with Crippen LogP contribution in [0.2, 0.25) is 0 Å². The van der Waals surface area contributed by atoms with Crippen LogP contribution >= 0.6 is 0 Å². The van der Waals surface area contributed by atoms with Gasteiger partial charge in [-0.2, -0.15) is 4.98 Å². The lowest BCUT2D eigenvalue weighted by Crippen LogP contribution is -2.63. The first-order valence-electron chi connectivity index (χ1n) is 11.2. The Labute approximate surface area is 192 Å². The van der Waals surface area contributed by atoms with Gasteiger partial charge in [-0.15, -0.1) is 5.10 Å². The number of nitrogens with one attached hydrogen (secondary N) is 1. The summed E-state index contributed by atoms with van der Waals surface area (Å²) in [6.07, 6.45) is 1.97. The molecule has 0 radical (unpaired) electrons. The van der Waals surface area contributed by atoms with E-state index in [4.69, 9.17) is 4.74 Å². The summed E-state index contributed by atoms with van der Waals surface area (Å²) in [5, 5.41) is 7.52. The van der Waals surface area contributed by atoms with E-state index in [1.165, 1.54) is 23.1 Å². The average molecular weight is 455 g/mol. The number of aryl methyl sites for hydroxylation is 1. The quantitative estimate of drug-likeness (QED) is 0.631. The van der Waals surface area contributed by atoms with E-state index >= 15 is 0 Å². The maximum atomic E-state index is 13.5. The Balaban J connectivity index is 1.26. The molecule has 2 aromatic carbocycles. The summed E-state index contributed by atoms with van der Waals surface area (Å²) < 4.78 is 34.3. The number of morpholine rings is 1. The van der Waals surface area contributed by atoms with E-state index in [9.17, 15) is 8.78 Å². The summed E-state index contributed by atoms with van der Waals surface area (Å²) in [6.45, 7) is 10.3. The Morgan fingerprint density at radius 1 is 0.909 bits per heavy atom. The van der Waals surface area contributed by atoms with Crippen LogP contribution in [-0.2, 0) is 4.74 Å². The van der Waals surface area contributed by atoms with Crippen LogP contribution in [0.25, 0.3) is 5.69 Å². The number of aromatic nitrogens is 3. The van der Waals surface area contributed by atoms with Gasteiger partial charge in [-0.1, -0.05) is 0 Å². The van der Waals surface area contributed by atoms with Crippen LogP contribution in [0.5, 0.6) is 0 Å². The molecule has 2 fully saturated rings. The normalized spacial score (nSPS) is 21.8. The monoisotopic (exact) mass is 454 g/mol. The molecule has 174 valence electrons. The molecule has 1 N–H and O–H groups in total. The van der Waals surface area contributed by atoms with E-state index in [2.05, 4.69) is 58.1 Å². The van der Waals surface area contributed by atoms with E-state index in [-0.39, 0.29) is 17.9 Å². The molecule has 7 nitrogen and oxygen atoms in total. The molecule has 2 aliphatic heterocycles. The summed E-state index contributed by atoms with van der Waals surface area (Å²) in [7, 11) is 0. The molecule has 9 heteroatoms. The summed E-state index contributed by atoms with van der Waals surface area (Å²) in [6, 6.07) is 10.1. The van der Waals surface area contributed by atoms with Crippen molar-refractivity contribution in [3.63, 3.8) is 0 Å². The molecule has 2 atom stereocenters. The maximum absolute atomic E-state index is 13.5. The molecule has 2 aliphatic rings. The second-order valence-corrected chi connectivity index (χ2v) is 9.09. The summed E-state index contributed by atoms with van der Waals surface area (Å²) in [5.74, 6) is -0.964. The van der Waals surface area contributed by atoms with E-state index < -0.39 is 11.6 Å².